The van der Waals surface area contributed by atoms with Crippen LogP contribution in [0.3, 0.4) is 0 Å². The van der Waals surface area contributed by atoms with Crippen LogP contribution in [0.4, 0.5) is 0 Å². The van der Waals surface area contributed by atoms with E-state index in [1.807, 2.05) is 12.1 Å². The molecule has 2 rings (SSSR count). The number of benzene rings is 2. The predicted octanol–water partition coefficient (Wildman–Crippen LogP) is 1.39. The van der Waals surface area contributed by atoms with Gasteiger partial charge in [0, 0.05) is 0 Å². The number of rotatable bonds is 5. The summed E-state index contributed by atoms with van der Waals surface area (Å²) in [6.45, 7) is 6.67. The summed E-state index contributed by atoms with van der Waals surface area (Å²) in [5.41, 5.74) is 0. The Hall–Kier alpha value is -0.989. The van der Waals surface area contributed by atoms with Crippen molar-refractivity contribution in [1.82, 2.24) is 0 Å². The third-order valence-corrected chi connectivity index (χ3v) is 11.1. The molecule has 0 N–H and O–H groups in total. The molecule has 0 atom stereocenters. The van der Waals surface area contributed by atoms with Crippen LogP contribution in [0.5, 0.6) is 0 Å². The van der Waals surface area contributed by atoms with Crippen molar-refractivity contribution in [3.63, 3.8) is 0 Å². The fourth-order valence-corrected chi connectivity index (χ4v) is 11.3. The molecule has 0 spiro atoms. The topological polar surface area (TPSA) is 18.5 Å². The number of hydrogen-bond acceptors (Lipinski definition) is 2. The van der Waals surface area contributed by atoms with Crippen molar-refractivity contribution in [2.75, 3.05) is 0 Å². The summed E-state index contributed by atoms with van der Waals surface area (Å²) in [6, 6.07) is 20.9. The van der Waals surface area contributed by atoms with E-state index in [2.05, 4.69) is 68.2 Å². The summed E-state index contributed by atoms with van der Waals surface area (Å²) in [5.74, 6) is 0. The van der Waals surface area contributed by atoms with Crippen molar-refractivity contribution in [1.29, 1.82) is 0 Å². The van der Waals surface area contributed by atoms with Crippen molar-refractivity contribution < 1.29 is 8.23 Å². The minimum atomic E-state index is -2.53. The van der Waals surface area contributed by atoms with Gasteiger partial charge in [0.1, 0.15) is 10.5 Å². The fraction of sp³-hybridized carbons (Fsp3) is 0.200. The highest BCUT2D eigenvalue weighted by atomic mass is 28.5. The van der Waals surface area contributed by atoms with Gasteiger partial charge in [-0.2, -0.15) is 0 Å². The van der Waals surface area contributed by atoms with Crippen molar-refractivity contribution in [3.8, 4) is 0 Å². The third-order valence-electron chi connectivity index (χ3n) is 3.05. The molecule has 0 saturated carbocycles. The molecule has 0 aliphatic carbocycles. The second-order valence-electron chi connectivity index (χ2n) is 5.77. The van der Waals surface area contributed by atoms with E-state index in [-0.39, 0.29) is 0 Å². The second kappa shape index (κ2) is 6.19. The van der Waals surface area contributed by atoms with E-state index >= 15 is 0 Å². The van der Waals surface area contributed by atoms with Gasteiger partial charge in [-0.15, -0.1) is 0 Å². The quantitative estimate of drug-likeness (QED) is 0.776. The first-order valence-corrected chi connectivity index (χ1v) is 12.9. The van der Waals surface area contributed by atoms with Gasteiger partial charge >= 0.3 is 8.56 Å². The summed E-state index contributed by atoms with van der Waals surface area (Å²) in [6.07, 6.45) is 0. The van der Waals surface area contributed by atoms with Gasteiger partial charge in [-0.25, -0.2) is 0 Å². The van der Waals surface area contributed by atoms with Gasteiger partial charge in [-0.3, -0.25) is 0 Å². The zero-order valence-electron chi connectivity index (χ0n) is 12.6. The zero-order chi connectivity index (χ0) is 14.6. The first-order chi connectivity index (χ1) is 9.48. The second-order valence-corrected chi connectivity index (χ2v) is 14.8. The lowest BCUT2D eigenvalue weighted by atomic mass is 10.4. The lowest BCUT2D eigenvalue weighted by molar-refractivity contribution is 0.437. The van der Waals surface area contributed by atoms with Crippen molar-refractivity contribution in [2.24, 2.45) is 0 Å². The Morgan fingerprint density at radius 1 is 0.750 bits per heavy atom. The Morgan fingerprint density at radius 2 is 1.15 bits per heavy atom. The van der Waals surface area contributed by atoms with Crippen LogP contribution in [0.15, 0.2) is 60.7 Å². The van der Waals surface area contributed by atoms with Crippen molar-refractivity contribution in [3.05, 3.63) is 60.7 Å². The largest absolute Gasteiger partial charge is 0.439 e. The molecule has 0 fully saturated rings. The summed E-state index contributed by atoms with van der Waals surface area (Å²) in [5, 5.41) is 2.40. The minimum absolute atomic E-state index is 0.668. The van der Waals surface area contributed by atoms with Crippen LogP contribution in [0.2, 0.25) is 19.6 Å². The van der Waals surface area contributed by atoms with Crippen LogP contribution in [-0.2, 0) is 8.23 Å². The molecular formula is C15H22O2Si3. The van der Waals surface area contributed by atoms with Crippen molar-refractivity contribution in [2.45, 2.75) is 19.6 Å². The molecule has 0 radical (unpaired) electrons. The average molecular weight is 319 g/mol. The van der Waals surface area contributed by atoms with Crippen LogP contribution in [0, 0.1) is 0 Å². The molecule has 0 aliphatic rings. The maximum absolute atomic E-state index is 6.64. The minimum Gasteiger partial charge on any atom is -0.439 e. The van der Waals surface area contributed by atoms with Gasteiger partial charge in [-0.1, -0.05) is 60.7 Å². The molecule has 5 heteroatoms. The molecule has 0 aromatic heterocycles. The molecule has 2 aromatic rings. The SMILES string of the molecule is C[Si](C)(C)O[Si](O[SiH3])(c1ccccc1)c1ccccc1. The van der Waals surface area contributed by atoms with Gasteiger partial charge in [0.25, 0.3) is 0 Å². The number of hydrogen-bond donors (Lipinski definition) is 0. The molecule has 0 unspecified atom stereocenters. The zero-order valence-corrected chi connectivity index (χ0v) is 16.6. The Kier molecular flexibility index (Phi) is 4.77. The normalized spacial score (nSPS) is 12.6. The molecule has 20 heavy (non-hydrogen) atoms. The first kappa shape index (κ1) is 15.4. The van der Waals surface area contributed by atoms with E-state index < -0.39 is 16.9 Å². The van der Waals surface area contributed by atoms with Crippen LogP contribution in [0.1, 0.15) is 0 Å². The Bertz CT molecular complexity index is 499. The van der Waals surface area contributed by atoms with Gasteiger partial charge in [-0.05, 0) is 30.0 Å². The highest BCUT2D eigenvalue weighted by Crippen LogP contribution is 2.15. The van der Waals surface area contributed by atoms with Gasteiger partial charge < -0.3 is 8.23 Å². The highest BCUT2D eigenvalue weighted by molar-refractivity contribution is 6.99. The van der Waals surface area contributed by atoms with Crippen LogP contribution in [0.25, 0.3) is 0 Å². The molecule has 2 nitrogen and oxygen atoms in total. The highest BCUT2D eigenvalue weighted by Gasteiger charge is 2.44. The molecule has 0 aliphatic heterocycles. The van der Waals surface area contributed by atoms with Gasteiger partial charge in [0.05, 0.1) is 0 Å². The Labute approximate surface area is 126 Å². The lowest BCUT2D eigenvalue weighted by Gasteiger charge is -2.36. The van der Waals surface area contributed by atoms with E-state index in [1.54, 1.807) is 0 Å². The average Bonchev–Trinajstić information content (AvgIpc) is 2.46. The third kappa shape index (κ3) is 3.36. The maximum atomic E-state index is 6.64. The van der Waals surface area contributed by atoms with Crippen LogP contribution in [-0.4, -0.2) is 27.4 Å². The predicted molar refractivity (Wildman–Crippen MR) is 93.4 cm³/mol. The lowest BCUT2D eigenvalue weighted by Crippen LogP contribution is -2.66. The van der Waals surface area contributed by atoms with E-state index in [1.165, 1.54) is 10.4 Å². The summed E-state index contributed by atoms with van der Waals surface area (Å²) < 4.78 is 12.8. The maximum Gasteiger partial charge on any atom is 0.385 e. The van der Waals surface area contributed by atoms with Gasteiger partial charge in [0.2, 0.25) is 0 Å². The van der Waals surface area contributed by atoms with E-state index in [4.69, 9.17) is 8.23 Å². The summed E-state index contributed by atoms with van der Waals surface area (Å²) in [4.78, 5) is 0. The van der Waals surface area contributed by atoms with E-state index in [9.17, 15) is 0 Å². The van der Waals surface area contributed by atoms with Crippen LogP contribution >= 0.6 is 0 Å². The van der Waals surface area contributed by atoms with Crippen LogP contribution < -0.4 is 10.4 Å². The van der Waals surface area contributed by atoms with E-state index in [0.29, 0.717) is 10.5 Å². The fourth-order valence-electron chi connectivity index (χ4n) is 2.31. The Morgan fingerprint density at radius 3 is 1.45 bits per heavy atom. The van der Waals surface area contributed by atoms with Gasteiger partial charge in [0.15, 0.2) is 8.32 Å². The Balaban J connectivity index is 2.58. The molecule has 0 heterocycles. The molecule has 0 bridgehead atoms. The van der Waals surface area contributed by atoms with Crippen molar-refractivity contribution >= 4 is 37.7 Å². The van der Waals surface area contributed by atoms with E-state index in [0.717, 1.165) is 0 Å². The molecule has 106 valence electrons. The molecular weight excluding hydrogens is 296 g/mol. The standard InChI is InChI=1S/C15H22O2Si3/c1-19(2,3)17-20(16-18,14-10-6-4-7-11-14)15-12-8-5-9-13-15/h4-13H,1-3,18H3. The monoisotopic (exact) mass is 318 g/mol. The molecule has 0 amide bonds. The molecule has 0 saturated heterocycles. The first-order valence-electron chi connectivity index (χ1n) is 6.84. The smallest absolute Gasteiger partial charge is 0.385 e. The summed E-state index contributed by atoms with van der Waals surface area (Å²) in [7, 11) is -3.59. The molecule has 2 aromatic carbocycles. The summed E-state index contributed by atoms with van der Waals surface area (Å²) >= 11 is 0.